The van der Waals surface area contributed by atoms with E-state index in [1.54, 1.807) is 48.5 Å². The van der Waals surface area contributed by atoms with Crippen molar-refractivity contribution in [1.82, 2.24) is 4.90 Å². The third-order valence-corrected chi connectivity index (χ3v) is 7.15. The van der Waals surface area contributed by atoms with Crippen molar-refractivity contribution in [2.45, 2.75) is 57.0 Å². The molecule has 166 valence electrons. The number of fused-ring (bicyclic) bond motifs is 5. The molecule has 6 atom stereocenters. The van der Waals surface area contributed by atoms with Crippen molar-refractivity contribution >= 4 is 17.7 Å². The lowest BCUT2D eigenvalue weighted by Crippen LogP contribution is -2.50. The van der Waals surface area contributed by atoms with Crippen molar-refractivity contribution in [2.24, 2.45) is 11.8 Å². The van der Waals surface area contributed by atoms with E-state index in [9.17, 15) is 14.4 Å². The first-order valence-corrected chi connectivity index (χ1v) is 11.3. The van der Waals surface area contributed by atoms with Gasteiger partial charge in [-0.3, -0.25) is 9.69 Å². The number of Topliss-reactive ketones (excluding diaryl/α,β-unsaturated/α-hetero) is 1. The van der Waals surface area contributed by atoms with Crippen LogP contribution in [0.5, 0.6) is 0 Å². The molecule has 6 unspecified atom stereocenters. The van der Waals surface area contributed by atoms with E-state index < -0.39 is 24.1 Å². The largest absolute Gasteiger partial charge is 0.453 e. The summed E-state index contributed by atoms with van der Waals surface area (Å²) in [6, 6.07) is 17.3. The first-order chi connectivity index (χ1) is 15.5. The van der Waals surface area contributed by atoms with Crippen LogP contribution in [0, 0.1) is 11.8 Å². The highest BCUT2D eigenvalue weighted by Gasteiger charge is 2.69. The summed E-state index contributed by atoms with van der Waals surface area (Å²) >= 11 is 0. The molecule has 1 aliphatic carbocycles. The molecule has 5 rings (SSSR count). The number of nitrogens with zero attached hydrogens (tertiary/aromatic N) is 1. The number of carbonyl (C=O) groups excluding carboxylic acids is 3. The summed E-state index contributed by atoms with van der Waals surface area (Å²) in [7, 11) is 0. The van der Waals surface area contributed by atoms with E-state index in [1.807, 2.05) is 12.1 Å². The number of ether oxygens (including phenoxy) is 2. The summed E-state index contributed by atoms with van der Waals surface area (Å²) < 4.78 is 12.0. The second-order valence-electron chi connectivity index (χ2n) is 9.19. The number of hydrogen-bond donors (Lipinski definition) is 0. The van der Waals surface area contributed by atoms with Gasteiger partial charge in [0.2, 0.25) is 0 Å². The number of rotatable bonds is 5. The van der Waals surface area contributed by atoms with Crippen LogP contribution < -0.4 is 0 Å². The smallest absolute Gasteiger partial charge is 0.338 e. The average molecular weight is 434 g/mol. The molecule has 2 heterocycles. The summed E-state index contributed by atoms with van der Waals surface area (Å²) in [4.78, 5) is 41.0. The Balaban J connectivity index is 1.49. The molecule has 0 N–H and O–H groups in total. The molecular weight excluding hydrogens is 406 g/mol. The number of benzene rings is 2. The summed E-state index contributed by atoms with van der Waals surface area (Å²) in [5.41, 5.74) is 0.896. The minimum Gasteiger partial charge on any atom is -0.453 e. The van der Waals surface area contributed by atoms with Crippen molar-refractivity contribution in [3.05, 3.63) is 71.8 Å². The van der Waals surface area contributed by atoms with Gasteiger partial charge in [0.25, 0.3) is 0 Å². The van der Waals surface area contributed by atoms with Gasteiger partial charge >= 0.3 is 11.9 Å². The lowest BCUT2D eigenvalue weighted by molar-refractivity contribution is -0.124. The Bertz CT molecular complexity index is 1020. The second kappa shape index (κ2) is 8.17. The van der Waals surface area contributed by atoms with Gasteiger partial charge in [0.1, 0.15) is 5.78 Å². The number of carbonyl (C=O) groups is 3. The average Bonchev–Trinajstić information content (AvgIpc) is 3.44. The summed E-state index contributed by atoms with van der Waals surface area (Å²) in [5.74, 6) is -0.734. The Hall–Kier alpha value is -2.99. The fourth-order valence-corrected chi connectivity index (χ4v) is 6.00. The quantitative estimate of drug-likeness (QED) is 0.672. The van der Waals surface area contributed by atoms with Crippen LogP contribution in [0.25, 0.3) is 0 Å². The fraction of sp³-hybridized carbons (Fsp3) is 0.423. The molecule has 2 saturated heterocycles. The topological polar surface area (TPSA) is 72.9 Å². The SMILES string of the molecule is CC(C)N1C2C3CCC(=O)C3C1C(OC(=O)c1ccccc1)C2OC(=O)c1ccccc1. The van der Waals surface area contributed by atoms with Crippen molar-refractivity contribution in [3.63, 3.8) is 0 Å². The minimum atomic E-state index is -0.689. The zero-order valence-electron chi connectivity index (χ0n) is 18.2. The molecule has 2 aromatic rings. The summed E-state index contributed by atoms with van der Waals surface area (Å²) in [6.45, 7) is 4.14. The van der Waals surface area contributed by atoms with Crippen LogP contribution in [0.2, 0.25) is 0 Å². The van der Waals surface area contributed by atoms with E-state index in [-0.39, 0.29) is 35.7 Å². The maximum Gasteiger partial charge on any atom is 0.338 e. The highest BCUT2D eigenvalue weighted by atomic mass is 16.6. The van der Waals surface area contributed by atoms with Gasteiger partial charge in [0, 0.05) is 18.4 Å². The van der Waals surface area contributed by atoms with E-state index in [0.29, 0.717) is 17.5 Å². The van der Waals surface area contributed by atoms with Crippen LogP contribution in [0.3, 0.4) is 0 Å². The fourth-order valence-electron chi connectivity index (χ4n) is 6.00. The van der Waals surface area contributed by atoms with Gasteiger partial charge in [-0.05, 0) is 50.5 Å². The Kier molecular flexibility index (Phi) is 5.33. The minimum absolute atomic E-state index is 0.121. The molecule has 32 heavy (non-hydrogen) atoms. The van der Waals surface area contributed by atoms with E-state index in [0.717, 1.165) is 6.42 Å². The van der Waals surface area contributed by atoms with E-state index in [4.69, 9.17) is 9.47 Å². The van der Waals surface area contributed by atoms with Gasteiger partial charge in [0.15, 0.2) is 12.2 Å². The highest BCUT2D eigenvalue weighted by molar-refractivity contribution is 5.91. The number of hydrogen-bond acceptors (Lipinski definition) is 6. The van der Waals surface area contributed by atoms with Crippen LogP contribution >= 0.6 is 0 Å². The molecular formula is C26H27NO5. The zero-order valence-corrected chi connectivity index (χ0v) is 18.2. The molecule has 0 radical (unpaired) electrons. The monoisotopic (exact) mass is 433 g/mol. The lowest BCUT2D eigenvalue weighted by Gasteiger charge is -2.34. The molecule has 3 fully saturated rings. The molecule has 3 aliphatic rings. The zero-order chi connectivity index (χ0) is 22.4. The van der Waals surface area contributed by atoms with E-state index in [2.05, 4.69) is 18.7 Å². The normalized spacial score (nSPS) is 31.0. The molecule has 2 aliphatic heterocycles. The molecule has 0 aromatic heterocycles. The van der Waals surface area contributed by atoms with Crippen molar-refractivity contribution in [2.75, 3.05) is 0 Å². The van der Waals surface area contributed by atoms with Crippen molar-refractivity contribution in [3.8, 4) is 0 Å². The maximum atomic E-state index is 13.0. The van der Waals surface area contributed by atoms with Crippen molar-refractivity contribution in [1.29, 1.82) is 0 Å². The van der Waals surface area contributed by atoms with Crippen molar-refractivity contribution < 1.29 is 23.9 Å². The van der Waals surface area contributed by atoms with Crippen LogP contribution in [0.4, 0.5) is 0 Å². The van der Waals surface area contributed by atoms with Gasteiger partial charge in [0.05, 0.1) is 23.2 Å². The lowest BCUT2D eigenvalue weighted by atomic mass is 9.78. The predicted molar refractivity (Wildman–Crippen MR) is 117 cm³/mol. The maximum absolute atomic E-state index is 13.0. The van der Waals surface area contributed by atoms with Crippen LogP contribution in [0.1, 0.15) is 47.4 Å². The molecule has 0 amide bonds. The Morgan fingerprint density at radius 2 is 1.34 bits per heavy atom. The Morgan fingerprint density at radius 3 is 1.84 bits per heavy atom. The van der Waals surface area contributed by atoms with Gasteiger partial charge < -0.3 is 9.47 Å². The second-order valence-corrected chi connectivity index (χ2v) is 9.19. The molecule has 2 bridgehead atoms. The van der Waals surface area contributed by atoms with Gasteiger partial charge in [-0.2, -0.15) is 0 Å². The molecule has 6 nitrogen and oxygen atoms in total. The Labute approximate surface area is 187 Å². The van der Waals surface area contributed by atoms with Gasteiger partial charge in [-0.15, -0.1) is 0 Å². The third-order valence-electron chi connectivity index (χ3n) is 7.15. The van der Waals surface area contributed by atoms with Crippen LogP contribution in [-0.2, 0) is 14.3 Å². The van der Waals surface area contributed by atoms with E-state index >= 15 is 0 Å². The third kappa shape index (κ3) is 3.34. The molecule has 6 heteroatoms. The summed E-state index contributed by atoms with van der Waals surface area (Å²) in [5, 5.41) is 0. The number of esters is 2. The van der Waals surface area contributed by atoms with Crippen LogP contribution in [0.15, 0.2) is 60.7 Å². The Morgan fingerprint density at radius 1 is 0.844 bits per heavy atom. The predicted octanol–water partition coefficient (Wildman–Crippen LogP) is 3.51. The molecule has 0 spiro atoms. The number of ketones is 1. The van der Waals surface area contributed by atoms with E-state index in [1.165, 1.54) is 0 Å². The van der Waals surface area contributed by atoms with Crippen LogP contribution in [-0.4, -0.2) is 53.0 Å². The standard InChI is InChI=1S/C26H27NO5/c1-15(2)27-21-18-13-14-19(28)20(18)22(27)24(32-26(30)17-11-7-4-8-12-17)23(21)31-25(29)16-9-5-3-6-10-16/h3-12,15,18,20-24H,13-14H2,1-2H3. The van der Waals surface area contributed by atoms with Gasteiger partial charge in [-0.25, -0.2) is 9.59 Å². The first-order valence-electron chi connectivity index (χ1n) is 11.3. The van der Waals surface area contributed by atoms with Gasteiger partial charge in [-0.1, -0.05) is 36.4 Å². The first kappa shape index (κ1) is 20.9. The molecule has 1 saturated carbocycles. The highest BCUT2D eigenvalue weighted by Crippen LogP contribution is 2.54. The molecule has 2 aromatic carbocycles. The summed E-state index contributed by atoms with van der Waals surface area (Å²) in [6.07, 6.45) is 0.0144.